The lowest BCUT2D eigenvalue weighted by Crippen LogP contribution is -2.33. The first-order valence-corrected chi connectivity index (χ1v) is 10.1. The van der Waals surface area contributed by atoms with Crippen LogP contribution in [0.2, 0.25) is 0 Å². The second-order valence-electron chi connectivity index (χ2n) is 7.40. The summed E-state index contributed by atoms with van der Waals surface area (Å²) in [6, 6.07) is 26.8. The minimum atomic E-state index is -0.288. The van der Waals surface area contributed by atoms with E-state index in [0.29, 0.717) is 24.5 Å². The molecule has 3 aromatic carbocycles. The summed E-state index contributed by atoms with van der Waals surface area (Å²) in [6.07, 6.45) is 3.97. The highest BCUT2D eigenvalue weighted by Gasteiger charge is 2.12. The Morgan fingerprint density at radius 2 is 1.61 bits per heavy atom. The fourth-order valence-corrected chi connectivity index (χ4v) is 3.52. The van der Waals surface area contributed by atoms with Crippen molar-refractivity contribution in [1.82, 2.24) is 9.97 Å². The van der Waals surface area contributed by atoms with Crippen LogP contribution < -0.4 is 9.30 Å². The Bertz CT molecular complexity index is 1310. The van der Waals surface area contributed by atoms with Gasteiger partial charge in [0.15, 0.2) is 18.9 Å². The zero-order chi connectivity index (χ0) is 21.0. The number of benzene rings is 3. The molecule has 5 aromatic rings. The van der Waals surface area contributed by atoms with Crippen molar-refractivity contribution < 1.29 is 13.7 Å². The molecule has 0 aliphatic carbocycles. The molecule has 1 N–H and O–H groups in total. The summed E-state index contributed by atoms with van der Waals surface area (Å²) in [4.78, 5) is 7.75. The number of aromatic nitrogens is 3. The van der Waals surface area contributed by atoms with Gasteiger partial charge in [0.25, 0.3) is 0 Å². The lowest BCUT2D eigenvalue weighted by atomic mass is 10.2. The van der Waals surface area contributed by atoms with Crippen LogP contribution in [0.25, 0.3) is 22.4 Å². The second kappa shape index (κ2) is 8.40. The number of pyridine rings is 1. The van der Waals surface area contributed by atoms with E-state index in [9.17, 15) is 4.39 Å². The van der Waals surface area contributed by atoms with Crippen molar-refractivity contribution in [2.24, 2.45) is 0 Å². The Kier molecular flexibility index (Phi) is 5.15. The maximum absolute atomic E-state index is 14.1. The van der Waals surface area contributed by atoms with Crippen molar-refractivity contribution in [1.29, 1.82) is 0 Å². The summed E-state index contributed by atoms with van der Waals surface area (Å²) in [5.74, 6) is 1.09. The molecule has 0 spiro atoms. The number of hydrogen-bond donors (Lipinski definition) is 1. The standard InChI is InChI=1S/C26H20FN3O/c27-23-9-5-4-8-22(23)26-28-24-14-15-30(17-25(24)29-26)16-19-10-12-21(13-11-19)31-18-20-6-2-1-3-7-20/h1-15,17H,16,18H2/p+1. The molecule has 0 amide bonds. The first-order valence-electron chi connectivity index (χ1n) is 10.1. The maximum Gasteiger partial charge on any atom is 0.195 e. The van der Waals surface area contributed by atoms with Crippen molar-refractivity contribution in [2.45, 2.75) is 13.2 Å². The van der Waals surface area contributed by atoms with Crippen molar-refractivity contribution in [3.63, 3.8) is 0 Å². The number of H-pyrrole nitrogens is 1. The topological polar surface area (TPSA) is 41.8 Å². The van der Waals surface area contributed by atoms with Gasteiger partial charge < -0.3 is 9.72 Å². The Labute approximate surface area is 179 Å². The zero-order valence-corrected chi connectivity index (χ0v) is 16.8. The number of hydrogen-bond acceptors (Lipinski definition) is 2. The number of ether oxygens (including phenoxy) is 1. The van der Waals surface area contributed by atoms with Crippen LogP contribution in [0.3, 0.4) is 0 Å². The Morgan fingerprint density at radius 3 is 2.42 bits per heavy atom. The van der Waals surface area contributed by atoms with Crippen LogP contribution in [-0.4, -0.2) is 9.97 Å². The monoisotopic (exact) mass is 410 g/mol. The molecule has 2 aromatic heterocycles. The van der Waals surface area contributed by atoms with Gasteiger partial charge in [-0.05, 0) is 42.0 Å². The number of halogens is 1. The predicted octanol–water partition coefficient (Wildman–Crippen LogP) is 5.28. The number of nitrogens with zero attached hydrogens (tertiary/aromatic N) is 2. The van der Waals surface area contributed by atoms with Crippen molar-refractivity contribution in [3.05, 3.63) is 114 Å². The minimum Gasteiger partial charge on any atom is -0.489 e. The van der Waals surface area contributed by atoms with Crippen LogP contribution in [0.5, 0.6) is 5.75 Å². The number of fused-ring (bicyclic) bond motifs is 1. The molecule has 0 fully saturated rings. The molecule has 152 valence electrons. The molecule has 0 atom stereocenters. The van der Waals surface area contributed by atoms with E-state index in [-0.39, 0.29) is 5.82 Å². The SMILES string of the molecule is Fc1ccccc1-c1nc2cc[n+](Cc3ccc(OCc4ccccc4)cc3)cc2[nH]1. The van der Waals surface area contributed by atoms with Gasteiger partial charge in [-0.25, -0.2) is 9.37 Å². The third-order valence-electron chi connectivity index (χ3n) is 5.15. The van der Waals surface area contributed by atoms with E-state index in [2.05, 4.69) is 26.7 Å². The van der Waals surface area contributed by atoms with E-state index >= 15 is 0 Å². The van der Waals surface area contributed by atoms with E-state index in [4.69, 9.17) is 4.74 Å². The highest BCUT2D eigenvalue weighted by molar-refractivity contribution is 5.77. The summed E-state index contributed by atoms with van der Waals surface area (Å²) in [5, 5.41) is 0. The van der Waals surface area contributed by atoms with E-state index in [0.717, 1.165) is 27.9 Å². The average molecular weight is 410 g/mol. The molecule has 5 rings (SSSR count). The van der Waals surface area contributed by atoms with Crippen LogP contribution in [-0.2, 0) is 13.2 Å². The lowest BCUT2D eigenvalue weighted by Gasteiger charge is -2.06. The molecule has 0 aliphatic heterocycles. The van der Waals surface area contributed by atoms with Gasteiger partial charge >= 0.3 is 0 Å². The van der Waals surface area contributed by atoms with E-state index < -0.39 is 0 Å². The van der Waals surface area contributed by atoms with Gasteiger partial charge in [-0.15, -0.1) is 0 Å². The molecule has 0 bridgehead atoms. The number of rotatable bonds is 6. The van der Waals surface area contributed by atoms with Crippen LogP contribution in [0, 0.1) is 5.82 Å². The third-order valence-corrected chi connectivity index (χ3v) is 5.15. The molecule has 2 heterocycles. The third kappa shape index (κ3) is 4.31. The van der Waals surface area contributed by atoms with Crippen LogP contribution >= 0.6 is 0 Å². The van der Waals surface area contributed by atoms with Gasteiger partial charge in [0, 0.05) is 11.6 Å². The number of imidazole rings is 1. The van der Waals surface area contributed by atoms with Gasteiger partial charge in [0.05, 0.1) is 5.56 Å². The quantitative estimate of drug-likeness (QED) is 0.387. The average Bonchev–Trinajstić information content (AvgIpc) is 3.23. The van der Waals surface area contributed by atoms with Gasteiger partial charge in [0.1, 0.15) is 35.0 Å². The van der Waals surface area contributed by atoms with Gasteiger partial charge in [-0.3, -0.25) is 0 Å². The predicted molar refractivity (Wildman–Crippen MR) is 118 cm³/mol. The molecular formula is C26H21FN3O+. The second-order valence-corrected chi connectivity index (χ2v) is 7.40. The Balaban J connectivity index is 1.29. The molecule has 0 aliphatic rings. The van der Waals surface area contributed by atoms with Gasteiger partial charge in [-0.1, -0.05) is 42.5 Å². The molecule has 5 heteroatoms. The summed E-state index contributed by atoms with van der Waals surface area (Å²) in [6.45, 7) is 1.26. The van der Waals surface area contributed by atoms with E-state index in [1.807, 2.05) is 60.9 Å². The van der Waals surface area contributed by atoms with Gasteiger partial charge in [-0.2, -0.15) is 4.57 Å². The molecule has 0 radical (unpaired) electrons. The zero-order valence-electron chi connectivity index (χ0n) is 16.8. The first-order chi connectivity index (χ1) is 15.2. The highest BCUT2D eigenvalue weighted by atomic mass is 19.1. The smallest absolute Gasteiger partial charge is 0.195 e. The first kappa shape index (κ1) is 19.0. The molecule has 0 unspecified atom stereocenters. The normalized spacial score (nSPS) is 11.0. The van der Waals surface area contributed by atoms with Crippen LogP contribution in [0.1, 0.15) is 11.1 Å². The minimum absolute atomic E-state index is 0.288. The fraction of sp³-hybridized carbons (Fsp3) is 0.0769. The van der Waals surface area contributed by atoms with E-state index in [1.54, 1.807) is 18.2 Å². The maximum atomic E-state index is 14.1. The fourth-order valence-electron chi connectivity index (χ4n) is 3.52. The summed E-state index contributed by atoms with van der Waals surface area (Å²) >= 11 is 0. The summed E-state index contributed by atoms with van der Waals surface area (Å²) in [7, 11) is 0. The van der Waals surface area contributed by atoms with Crippen molar-refractivity contribution in [2.75, 3.05) is 0 Å². The summed E-state index contributed by atoms with van der Waals surface area (Å²) < 4.78 is 22.0. The molecule has 4 nitrogen and oxygen atoms in total. The van der Waals surface area contributed by atoms with Crippen LogP contribution in [0.15, 0.2) is 97.3 Å². The van der Waals surface area contributed by atoms with Crippen molar-refractivity contribution >= 4 is 11.0 Å². The highest BCUT2D eigenvalue weighted by Crippen LogP contribution is 2.22. The summed E-state index contributed by atoms with van der Waals surface area (Å²) in [5.41, 5.74) is 4.44. The number of nitrogens with one attached hydrogen (secondary N) is 1. The molecule has 0 saturated heterocycles. The van der Waals surface area contributed by atoms with Crippen molar-refractivity contribution in [3.8, 4) is 17.1 Å². The lowest BCUT2D eigenvalue weighted by molar-refractivity contribution is -0.687. The Hall–Kier alpha value is -3.99. The van der Waals surface area contributed by atoms with Gasteiger partial charge in [0.2, 0.25) is 0 Å². The molecule has 31 heavy (non-hydrogen) atoms. The Morgan fingerprint density at radius 1 is 0.839 bits per heavy atom. The van der Waals surface area contributed by atoms with Crippen LogP contribution in [0.4, 0.5) is 4.39 Å². The molecular weight excluding hydrogens is 389 g/mol. The number of aromatic amines is 1. The molecule has 0 saturated carbocycles. The largest absolute Gasteiger partial charge is 0.489 e. The van der Waals surface area contributed by atoms with E-state index in [1.165, 1.54) is 6.07 Å².